The van der Waals surface area contributed by atoms with Crippen LogP contribution in [0, 0.1) is 0 Å². The summed E-state index contributed by atoms with van der Waals surface area (Å²) in [5.74, 6) is -0.232. The third-order valence-electron chi connectivity index (χ3n) is 2.86. The highest BCUT2D eigenvalue weighted by Gasteiger charge is 2.23. The van der Waals surface area contributed by atoms with Gasteiger partial charge in [0.25, 0.3) is 0 Å². The molecule has 5 nitrogen and oxygen atoms in total. The van der Waals surface area contributed by atoms with Gasteiger partial charge < -0.3 is 5.32 Å². The Labute approximate surface area is 111 Å². The Hall–Kier alpha value is -1.95. The van der Waals surface area contributed by atoms with Crippen LogP contribution in [0.15, 0.2) is 36.4 Å². The van der Waals surface area contributed by atoms with E-state index in [0.29, 0.717) is 5.82 Å². The SMILES string of the molecule is CC(C(=O)Nc1ccc2ccccc2n1)S(C)(=O)=O. The highest BCUT2D eigenvalue weighted by atomic mass is 32.2. The van der Waals surface area contributed by atoms with E-state index in [1.165, 1.54) is 6.92 Å². The average Bonchev–Trinajstić information content (AvgIpc) is 2.36. The van der Waals surface area contributed by atoms with Crippen molar-refractivity contribution in [1.82, 2.24) is 4.98 Å². The predicted octanol–water partition coefficient (Wildman–Crippen LogP) is 1.61. The van der Waals surface area contributed by atoms with Gasteiger partial charge in [0.2, 0.25) is 5.91 Å². The Kier molecular flexibility index (Phi) is 3.53. The van der Waals surface area contributed by atoms with E-state index in [9.17, 15) is 13.2 Å². The molecule has 0 radical (unpaired) electrons. The Balaban J connectivity index is 2.24. The fourth-order valence-corrected chi connectivity index (χ4v) is 2.01. The minimum atomic E-state index is -3.40. The van der Waals surface area contributed by atoms with E-state index in [2.05, 4.69) is 10.3 Å². The first-order valence-electron chi connectivity index (χ1n) is 5.73. The number of nitrogens with zero attached hydrogens (tertiary/aromatic N) is 1. The van der Waals surface area contributed by atoms with Crippen molar-refractivity contribution in [3.8, 4) is 0 Å². The summed E-state index contributed by atoms with van der Waals surface area (Å²) in [4.78, 5) is 16.0. The summed E-state index contributed by atoms with van der Waals surface area (Å²) in [5, 5.41) is 2.37. The molecule has 0 saturated carbocycles. The number of amides is 1. The lowest BCUT2D eigenvalue weighted by Gasteiger charge is -2.10. The lowest BCUT2D eigenvalue weighted by molar-refractivity contribution is -0.115. The van der Waals surface area contributed by atoms with Crippen LogP contribution in [-0.4, -0.2) is 30.8 Å². The first-order chi connectivity index (χ1) is 8.88. The molecule has 6 heteroatoms. The molecule has 1 heterocycles. The normalized spacial score (nSPS) is 13.2. The van der Waals surface area contributed by atoms with Crippen molar-refractivity contribution >= 4 is 32.5 Å². The summed E-state index contributed by atoms with van der Waals surface area (Å²) in [6.45, 7) is 1.35. The zero-order valence-corrected chi connectivity index (χ0v) is 11.4. The Bertz CT molecular complexity index is 726. The zero-order valence-electron chi connectivity index (χ0n) is 10.6. The van der Waals surface area contributed by atoms with Crippen LogP contribution in [0.5, 0.6) is 0 Å². The van der Waals surface area contributed by atoms with Gasteiger partial charge in [0.1, 0.15) is 11.1 Å². The number of pyridine rings is 1. The van der Waals surface area contributed by atoms with Crippen molar-refractivity contribution in [1.29, 1.82) is 0 Å². The average molecular weight is 278 g/mol. The molecule has 1 N–H and O–H groups in total. The lowest BCUT2D eigenvalue weighted by Crippen LogP contribution is -2.32. The van der Waals surface area contributed by atoms with E-state index >= 15 is 0 Å². The summed E-state index contributed by atoms with van der Waals surface area (Å²) in [7, 11) is -3.40. The molecule has 2 aromatic rings. The maximum absolute atomic E-state index is 11.8. The van der Waals surface area contributed by atoms with Crippen molar-refractivity contribution < 1.29 is 13.2 Å². The van der Waals surface area contributed by atoms with Crippen LogP contribution in [0.4, 0.5) is 5.82 Å². The quantitative estimate of drug-likeness (QED) is 0.925. The molecule has 100 valence electrons. The van der Waals surface area contributed by atoms with Crippen LogP contribution < -0.4 is 5.32 Å². The monoisotopic (exact) mass is 278 g/mol. The molecule has 0 aliphatic carbocycles. The molecule has 0 aliphatic rings. The molecule has 0 bridgehead atoms. The van der Waals surface area contributed by atoms with E-state index in [-0.39, 0.29) is 0 Å². The van der Waals surface area contributed by atoms with E-state index in [1.54, 1.807) is 6.07 Å². The van der Waals surface area contributed by atoms with Crippen molar-refractivity contribution in [2.75, 3.05) is 11.6 Å². The number of aromatic nitrogens is 1. The first kappa shape index (κ1) is 13.5. The molecule has 0 saturated heterocycles. The van der Waals surface area contributed by atoms with Crippen molar-refractivity contribution in [3.63, 3.8) is 0 Å². The van der Waals surface area contributed by atoms with Crippen LogP contribution in [0.1, 0.15) is 6.92 Å². The van der Waals surface area contributed by atoms with E-state index < -0.39 is 21.0 Å². The summed E-state index contributed by atoms with van der Waals surface area (Å²) in [6, 6.07) is 10.9. The number of rotatable bonds is 3. The standard InChI is InChI=1S/C13H14N2O3S/c1-9(19(2,17)18)13(16)15-12-8-7-10-5-3-4-6-11(10)14-12/h3-9H,1-2H3,(H,14,15,16). The number of carbonyl (C=O) groups is 1. The molecule has 1 unspecified atom stereocenters. The predicted molar refractivity (Wildman–Crippen MR) is 74.7 cm³/mol. The molecule has 0 fully saturated rings. The van der Waals surface area contributed by atoms with E-state index in [4.69, 9.17) is 0 Å². The van der Waals surface area contributed by atoms with Crippen molar-refractivity contribution in [2.45, 2.75) is 12.2 Å². The highest BCUT2D eigenvalue weighted by Crippen LogP contribution is 2.15. The van der Waals surface area contributed by atoms with Gasteiger partial charge in [-0.3, -0.25) is 4.79 Å². The highest BCUT2D eigenvalue weighted by molar-refractivity contribution is 7.92. The molecule has 0 aliphatic heterocycles. The van der Waals surface area contributed by atoms with Crippen LogP contribution in [0.3, 0.4) is 0 Å². The fourth-order valence-electron chi connectivity index (χ4n) is 1.56. The minimum Gasteiger partial charge on any atom is -0.310 e. The van der Waals surface area contributed by atoms with Gasteiger partial charge in [-0.05, 0) is 25.1 Å². The molecular formula is C13H14N2O3S. The van der Waals surface area contributed by atoms with Crippen LogP contribution in [0.2, 0.25) is 0 Å². The van der Waals surface area contributed by atoms with Crippen molar-refractivity contribution in [2.24, 2.45) is 0 Å². The Morgan fingerprint density at radius 1 is 1.21 bits per heavy atom. The smallest absolute Gasteiger partial charge is 0.243 e. The molecular weight excluding hydrogens is 264 g/mol. The molecule has 1 aromatic carbocycles. The second-order valence-electron chi connectivity index (χ2n) is 4.35. The van der Waals surface area contributed by atoms with Gasteiger partial charge in [-0.1, -0.05) is 18.2 Å². The maximum Gasteiger partial charge on any atom is 0.243 e. The summed E-state index contributed by atoms with van der Waals surface area (Å²) >= 11 is 0. The number of anilines is 1. The van der Waals surface area contributed by atoms with Crippen LogP contribution >= 0.6 is 0 Å². The first-order valence-corrected chi connectivity index (χ1v) is 7.69. The number of benzene rings is 1. The Morgan fingerprint density at radius 3 is 2.58 bits per heavy atom. The van der Waals surface area contributed by atoms with E-state index in [0.717, 1.165) is 17.2 Å². The number of para-hydroxylation sites is 1. The third kappa shape index (κ3) is 3.08. The number of carbonyl (C=O) groups excluding carboxylic acids is 1. The summed E-state index contributed by atoms with van der Waals surface area (Å²) < 4.78 is 22.6. The number of nitrogens with one attached hydrogen (secondary N) is 1. The van der Waals surface area contributed by atoms with Gasteiger partial charge in [0.15, 0.2) is 9.84 Å². The molecule has 19 heavy (non-hydrogen) atoms. The molecule has 1 amide bonds. The zero-order chi connectivity index (χ0) is 14.0. The third-order valence-corrected chi connectivity index (χ3v) is 4.36. The van der Waals surface area contributed by atoms with Gasteiger partial charge in [-0.2, -0.15) is 0 Å². The lowest BCUT2D eigenvalue weighted by atomic mass is 10.2. The van der Waals surface area contributed by atoms with Gasteiger partial charge >= 0.3 is 0 Å². The van der Waals surface area contributed by atoms with Gasteiger partial charge in [0.05, 0.1) is 5.52 Å². The summed E-state index contributed by atoms with van der Waals surface area (Å²) in [6.07, 6.45) is 1.03. The van der Waals surface area contributed by atoms with Gasteiger partial charge in [-0.15, -0.1) is 0 Å². The largest absolute Gasteiger partial charge is 0.310 e. The number of fused-ring (bicyclic) bond motifs is 1. The second-order valence-corrected chi connectivity index (χ2v) is 6.72. The van der Waals surface area contributed by atoms with Crippen LogP contribution in [-0.2, 0) is 14.6 Å². The summed E-state index contributed by atoms with van der Waals surface area (Å²) in [5.41, 5.74) is 0.743. The molecule has 1 aromatic heterocycles. The van der Waals surface area contributed by atoms with Crippen molar-refractivity contribution in [3.05, 3.63) is 36.4 Å². The molecule has 0 spiro atoms. The Morgan fingerprint density at radius 2 is 1.89 bits per heavy atom. The number of hydrogen-bond acceptors (Lipinski definition) is 4. The topological polar surface area (TPSA) is 76.1 Å². The van der Waals surface area contributed by atoms with Gasteiger partial charge in [0, 0.05) is 11.6 Å². The van der Waals surface area contributed by atoms with Gasteiger partial charge in [-0.25, -0.2) is 13.4 Å². The molecule has 1 atom stereocenters. The fraction of sp³-hybridized carbons (Fsp3) is 0.231. The minimum absolute atomic E-state index is 0.346. The number of sulfone groups is 1. The van der Waals surface area contributed by atoms with Crippen LogP contribution in [0.25, 0.3) is 10.9 Å². The number of hydrogen-bond donors (Lipinski definition) is 1. The second kappa shape index (κ2) is 4.97. The molecule has 2 rings (SSSR count). The maximum atomic E-state index is 11.8. The van der Waals surface area contributed by atoms with E-state index in [1.807, 2.05) is 30.3 Å².